The van der Waals surface area contributed by atoms with Gasteiger partial charge in [-0.25, -0.2) is 4.98 Å². The Hall–Kier alpha value is -3.15. The van der Waals surface area contributed by atoms with Crippen molar-refractivity contribution in [2.24, 2.45) is 0 Å². The van der Waals surface area contributed by atoms with E-state index in [2.05, 4.69) is 10.3 Å². The molecule has 0 fully saturated rings. The number of benzene rings is 2. The molecule has 0 bridgehead atoms. The van der Waals surface area contributed by atoms with E-state index >= 15 is 0 Å². The fourth-order valence-corrected chi connectivity index (χ4v) is 3.33. The fraction of sp³-hybridized carbons (Fsp3) is 0.318. The molecule has 146 valence electrons. The molecule has 6 nitrogen and oxygen atoms in total. The van der Waals surface area contributed by atoms with Crippen molar-refractivity contribution < 1.29 is 9.59 Å². The number of hydrogen-bond donors (Lipinski definition) is 1. The van der Waals surface area contributed by atoms with Gasteiger partial charge in [-0.3, -0.25) is 9.59 Å². The van der Waals surface area contributed by atoms with E-state index in [1.165, 1.54) is 0 Å². The molecule has 3 aromatic rings. The number of aryl methyl sites for hydroxylation is 1. The van der Waals surface area contributed by atoms with Crippen molar-refractivity contribution in [3.63, 3.8) is 0 Å². The van der Waals surface area contributed by atoms with Gasteiger partial charge in [0.15, 0.2) is 0 Å². The number of para-hydroxylation sites is 2. The maximum absolute atomic E-state index is 12.7. The summed E-state index contributed by atoms with van der Waals surface area (Å²) in [5.41, 5.74) is 3.27. The molecule has 0 saturated carbocycles. The second-order valence-corrected chi connectivity index (χ2v) is 6.67. The number of likely N-dealkylation sites (N-methyl/N-ethyl adjacent to an activating group) is 1. The number of fused-ring (bicyclic) bond motifs is 1. The summed E-state index contributed by atoms with van der Waals surface area (Å²) in [6.45, 7) is 7.65. The van der Waals surface area contributed by atoms with Crippen LogP contribution in [0.3, 0.4) is 0 Å². The van der Waals surface area contributed by atoms with Gasteiger partial charge in [0, 0.05) is 18.7 Å². The molecule has 0 aliphatic carbocycles. The second kappa shape index (κ2) is 8.69. The van der Waals surface area contributed by atoms with E-state index in [9.17, 15) is 9.59 Å². The van der Waals surface area contributed by atoms with Crippen LogP contribution in [0.1, 0.15) is 35.6 Å². The zero-order valence-corrected chi connectivity index (χ0v) is 16.6. The van der Waals surface area contributed by atoms with Gasteiger partial charge in [0.25, 0.3) is 5.91 Å². The van der Waals surface area contributed by atoms with E-state index in [0.29, 0.717) is 24.5 Å². The van der Waals surface area contributed by atoms with Gasteiger partial charge < -0.3 is 14.8 Å². The normalized spacial score (nSPS) is 10.8. The third-order valence-electron chi connectivity index (χ3n) is 4.94. The van der Waals surface area contributed by atoms with Crippen molar-refractivity contribution in [1.82, 2.24) is 19.8 Å². The average molecular weight is 378 g/mol. The van der Waals surface area contributed by atoms with Crippen LogP contribution in [0.15, 0.2) is 48.5 Å². The molecule has 28 heavy (non-hydrogen) atoms. The highest BCUT2D eigenvalue weighted by Gasteiger charge is 2.17. The maximum atomic E-state index is 12.7. The van der Waals surface area contributed by atoms with Gasteiger partial charge in [-0.15, -0.1) is 0 Å². The minimum absolute atomic E-state index is 0.0413. The number of carbonyl (C=O) groups is 2. The van der Waals surface area contributed by atoms with E-state index in [4.69, 9.17) is 0 Å². The van der Waals surface area contributed by atoms with Crippen molar-refractivity contribution in [3.05, 3.63) is 65.5 Å². The number of amides is 2. The molecule has 1 N–H and O–H groups in total. The minimum Gasteiger partial charge on any atom is -0.345 e. The topological polar surface area (TPSA) is 67.2 Å². The largest absolute Gasteiger partial charge is 0.345 e. The Morgan fingerprint density at radius 2 is 1.71 bits per heavy atom. The Morgan fingerprint density at radius 3 is 2.43 bits per heavy atom. The Morgan fingerprint density at radius 1 is 1.04 bits per heavy atom. The van der Waals surface area contributed by atoms with Crippen molar-refractivity contribution in [2.45, 2.75) is 33.9 Å². The Balaban J connectivity index is 1.85. The van der Waals surface area contributed by atoms with E-state index in [0.717, 1.165) is 16.6 Å². The average Bonchev–Trinajstić information content (AvgIpc) is 3.05. The zero-order valence-electron chi connectivity index (χ0n) is 16.6. The lowest BCUT2D eigenvalue weighted by Gasteiger charge is -2.20. The highest BCUT2D eigenvalue weighted by molar-refractivity contribution is 5.95. The lowest BCUT2D eigenvalue weighted by atomic mass is 10.1. The van der Waals surface area contributed by atoms with Crippen LogP contribution >= 0.6 is 0 Å². The molecule has 0 aliphatic rings. The first-order chi connectivity index (χ1) is 13.5. The summed E-state index contributed by atoms with van der Waals surface area (Å²) < 4.78 is 1.90. The van der Waals surface area contributed by atoms with Gasteiger partial charge in [-0.1, -0.05) is 30.3 Å². The number of nitrogens with one attached hydrogen (secondary N) is 1. The van der Waals surface area contributed by atoms with Crippen LogP contribution in [-0.4, -0.2) is 39.4 Å². The van der Waals surface area contributed by atoms with Gasteiger partial charge in [0.2, 0.25) is 5.91 Å². The molecule has 0 spiro atoms. The van der Waals surface area contributed by atoms with Crippen molar-refractivity contribution >= 4 is 22.8 Å². The van der Waals surface area contributed by atoms with E-state index in [1.54, 1.807) is 11.0 Å². The molecule has 0 unspecified atom stereocenters. The molecule has 0 aliphatic heterocycles. The number of rotatable bonds is 7. The van der Waals surface area contributed by atoms with E-state index in [1.807, 2.05) is 67.8 Å². The molecule has 6 heteroatoms. The summed E-state index contributed by atoms with van der Waals surface area (Å²) in [4.78, 5) is 31.7. The summed E-state index contributed by atoms with van der Waals surface area (Å²) >= 11 is 0. The van der Waals surface area contributed by atoms with Gasteiger partial charge >= 0.3 is 0 Å². The van der Waals surface area contributed by atoms with Crippen LogP contribution in [0.2, 0.25) is 0 Å². The van der Waals surface area contributed by atoms with Crippen LogP contribution in [0.5, 0.6) is 0 Å². The van der Waals surface area contributed by atoms with Gasteiger partial charge in [-0.05, 0) is 44.5 Å². The van der Waals surface area contributed by atoms with Crippen LogP contribution in [0, 0.1) is 6.92 Å². The summed E-state index contributed by atoms with van der Waals surface area (Å²) in [6.07, 6.45) is 0. The maximum Gasteiger partial charge on any atom is 0.251 e. The monoisotopic (exact) mass is 378 g/mol. The zero-order chi connectivity index (χ0) is 20.1. The first-order valence-electron chi connectivity index (χ1n) is 9.60. The van der Waals surface area contributed by atoms with E-state index < -0.39 is 0 Å². The standard InChI is InChI=1S/C22H26N4O2/c1-4-25(5-2)21(27)15-26-19-13-9-8-12-18(19)24-20(26)14-23-22(28)17-11-7-6-10-16(17)3/h6-13H,4-5,14-15H2,1-3H3,(H,23,28). The summed E-state index contributed by atoms with van der Waals surface area (Å²) in [5, 5.41) is 2.94. The third kappa shape index (κ3) is 4.06. The molecule has 0 radical (unpaired) electrons. The smallest absolute Gasteiger partial charge is 0.251 e. The summed E-state index contributed by atoms with van der Waals surface area (Å²) in [6, 6.07) is 15.2. The van der Waals surface area contributed by atoms with E-state index in [-0.39, 0.29) is 24.9 Å². The molecule has 2 amide bonds. The predicted molar refractivity (Wildman–Crippen MR) is 110 cm³/mol. The van der Waals surface area contributed by atoms with Crippen LogP contribution in [0.4, 0.5) is 0 Å². The third-order valence-corrected chi connectivity index (χ3v) is 4.94. The molecule has 2 aromatic carbocycles. The Bertz CT molecular complexity index is 989. The number of nitrogens with zero attached hydrogens (tertiary/aromatic N) is 3. The first kappa shape index (κ1) is 19.6. The Kier molecular flexibility index (Phi) is 6.09. The van der Waals surface area contributed by atoms with Crippen molar-refractivity contribution in [2.75, 3.05) is 13.1 Å². The van der Waals surface area contributed by atoms with Gasteiger partial charge in [0.1, 0.15) is 12.4 Å². The molecule has 0 saturated heterocycles. The molecular weight excluding hydrogens is 352 g/mol. The predicted octanol–water partition coefficient (Wildman–Crippen LogP) is 3.14. The van der Waals surface area contributed by atoms with Crippen LogP contribution in [-0.2, 0) is 17.9 Å². The van der Waals surface area contributed by atoms with Crippen LogP contribution < -0.4 is 5.32 Å². The number of imidazole rings is 1. The van der Waals surface area contributed by atoms with Crippen molar-refractivity contribution in [3.8, 4) is 0 Å². The molecule has 1 heterocycles. The second-order valence-electron chi connectivity index (χ2n) is 6.67. The highest BCUT2D eigenvalue weighted by Crippen LogP contribution is 2.17. The van der Waals surface area contributed by atoms with Gasteiger partial charge in [0.05, 0.1) is 17.6 Å². The lowest BCUT2D eigenvalue weighted by Crippen LogP contribution is -2.34. The van der Waals surface area contributed by atoms with Crippen LogP contribution in [0.25, 0.3) is 11.0 Å². The fourth-order valence-electron chi connectivity index (χ4n) is 3.33. The van der Waals surface area contributed by atoms with Crippen molar-refractivity contribution in [1.29, 1.82) is 0 Å². The number of hydrogen-bond acceptors (Lipinski definition) is 3. The molecule has 1 aromatic heterocycles. The summed E-state index contributed by atoms with van der Waals surface area (Å²) in [7, 11) is 0. The minimum atomic E-state index is -0.147. The first-order valence-corrected chi connectivity index (χ1v) is 9.60. The Labute approximate surface area is 165 Å². The summed E-state index contributed by atoms with van der Waals surface area (Å²) in [5.74, 6) is 0.565. The quantitative estimate of drug-likeness (QED) is 0.687. The van der Waals surface area contributed by atoms with Gasteiger partial charge in [-0.2, -0.15) is 0 Å². The SMILES string of the molecule is CCN(CC)C(=O)Cn1c(CNC(=O)c2ccccc2C)nc2ccccc21. The molecule has 0 atom stereocenters. The number of aromatic nitrogens is 2. The lowest BCUT2D eigenvalue weighted by molar-refractivity contribution is -0.131. The molecule has 3 rings (SSSR count). The number of carbonyl (C=O) groups excluding carboxylic acids is 2. The highest BCUT2D eigenvalue weighted by atomic mass is 16.2. The molecular formula is C22H26N4O2.